The average Bonchev–Trinajstić information content (AvgIpc) is 2.80. The Labute approximate surface area is 209 Å². The van der Waals surface area contributed by atoms with Crippen molar-refractivity contribution in [1.29, 1.82) is 0 Å². The summed E-state index contributed by atoms with van der Waals surface area (Å²) in [6.07, 6.45) is -10.5. The van der Waals surface area contributed by atoms with E-state index >= 15 is 0 Å². The molecule has 8 nitrogen and oxygen atoms in total. The zero-order chi connectivity index (χ0) is 27.1. The highest BCUT2D eigenvalue weighted by molar-refractivity contribution is 5.91. The summed E-state index contributed by atoms with van der Waals surface area (Å²) in [7, 11) is 1.38. The second-order valence-corrected chi connectivity index (χ2v) is 8.35. The molecule has 1 aliphatic heterocycles. The lowest BCUT2D eigenvalue weighted by Gasteiger charge is -2.31. The van der Waals surface area contributed by atoms with Gasteiger partial charge in [0.15, 0.2) is 23.0 Å². The maximum absolute atomic E-state index is 13.6. The number of alkyl halides is 4. The summed E-state index contributed by atoms with van der Waals surface area (Å²) >= 11 is 0. The number of methoxy groups -OCH3 is 1. The van der Waals surface area contributed by atoms with Crippen molar-refractivity contribution in [2.45, 2.75) is 52.4 Å². The average molecular weight is 525 g/mol. The monoisotopic (exact) mass is 525 g/mol. The van der Waals surface area contributed by atoms with Gasteiger partial charge in [-0.05, 0) is 45.4 Å². The Bertz CT molecular complexity index is 1360. The van der Waals surface area contributed by atoms with E-state index in [4.69, 9.17) is 18.9 Å². The summed E-state index contributed by atoms with van der Waals surface area (Å²) < 4.78 is 84.3. The van der Waals surface area contributed by atoms with Crippen LogP contribution in [0.1, 0.15) is 32.0 Å². The van der Waals surface area contributed by atoms with Gasteiger partial charge in [0.05, 0.1) is 18.7 Å². The number of carbonyl (C=O) groups is 1. The quantitative estimate of drug-likeness (QED) is 0.257. The van der Waals surface area contributed by atoms with Crippen LogP contribution in [0.5, 0.6) is 34.5 Å². The summed E-state index contributed by atoms with van der Waals surface area (Å²) in [5, 5.41) is 0.384. The van der Waals surface area contributed by atoms with E-state index < -0.39 is 36.0 Å². The van der Waals surface area contributed by atoms with Crippen LogP contribution >= 0.6 is 0 Å². The van der Waals surface area contributed by atoms with Crippen LogP contribution in [0.15, 0.2) is 30.3 Å². The molecule has 1 aromatic heterocycles. The zero-order valence-electron chi connectivity index (χ0n) is 20.5. The standard InChI is InChI=1S/C25H23F4NO7/c1-6-16-13(4)22(35-23(31)33-12(2)3)15-10-20(19(32-5)11-17(15)30-16)34-14-7-8-18-21(9-14)37-25(28,29)24(26,27)36-18/h7-12H,6H2,1-5H3. The van der Waals surface area contributed by atoms with Crippen LogP contribution in [0.3, 0.4) is 0 Å². The third-order valence-corrected chi connectivity index (χ3v) is 5.37. The van der Waals surface area contributed by atoms with E-state index in [-0.39, 0.29) is 23.0 Å². The second kappa shape index (κ2) is 9.49. The lowest BCUT2D eigenvalue weighted by Crippen LogP contribution is -2.52. The van der Waals surface area contributed by atoms with Crippen LogP contribution < -0.4 is 23.7 Å². The molecule has 0 aliphatic carbocycles. The number of hydrogen-bond acceptors (Lipinski definition) is 8. The van der Waals surface area contributed by atoms with Crippen LogP contribution in [0.4, 0.5) is 22.4 Å². The molecule has 0 radical (unpaired) electrons. The molecule has 2 heterocycles. The summed E-state index contributed by atoms with van der Waals surface area (Å²) in [4.78, 5) is 16.9. The first-order chi connectivity index (χ1) is 17.3. The van der Waals surface area contributed by atoms with Crippen molar-refractivity contribution in [2.24, 2.45) is 0 Å². The molecule has 4 rings (SSSR count). The van der Waals surface area contributed by atoms with E-state index in [1.165, 1.54) is 19.2 Å². The molecule has 2 aromatic carbocycles. The van der Waals surface area contributed by atoms with Crippen molar-refractivity contribution < 1.29 is 50.8 Å². The Kier molecular flexibility index (Phi) is 6.70. The van der Waals surface area contributed by atoms with Crippen LogP contribution in [0.2, 0.25) is 0 Å². The highest BCUT2D eigenvalue weighted by atomic mass is 19.3. The Morgan fingerprint density at radius 3 is 2.32 bits per heavy atom. The fourth-order valence-corrected chi connectivity index (χ4v) is 3.64. The van der Waals surface area contributed by atoms with E-state index in [0.29, 0.717) is 28.6 Å². The second-order valence-electron chi connectivity index (χ2n) is 8.35. The van der Waals surface area contributed by atoms with Crippen LogP contribution in [-0.2, 0) is 11.2 Å². The first kappa shape index (κ1) is 26.1. The SMILES string of the molecule is CCc1nc2cc(OC)c(Oc3ccc4c(c3)OC(F)(F)C(F)(F)O4)cc2c(OC(=O)OC(C)C)c1C. The van der Waals surface area contributed by atoms with Gasteiger partial charge in [-0.3, -0.25) is 4.98 Å². The largest absolute Gasteiger partial charge is 0.514 e. The van der Waals surface area contributed by atoms with Gasteiger partial charge in [-0.25, -0.2) is 4.79 Å². The predicted octanol–water partition coefficient (Wildman–Crippen LogP) is 6.79. The minimum atomic E-state index is -4.88. The zero-order valence-corrected chi connectivity index (χ0v) is 20.5. The van der Waals surface area contributed by atoms with E-state index in [1.807, 2.05) is 6.92 Å². The first-order valence-electron chi connectivity index (χ1n) is 11.2. The molecule has 0 atom stereocenters. The van der Waals surface area contributed by atoms with Gasteiger partial charge >= 0.3 is 18.4 Å². The molecule has 0 fully saturated rings. The molecule has 3 aromatic rings. The third-order valence-electron chi connectivity index (χ3n) is 5.37. The molecule has 0 saturated carbocycles. The minimum absolute atomic E-state index is 0.0439. The van der Waals surface area contributed by atoms with Crippen molar-refractivity contribution in [1.82, 2.24) is 4.98 Å². The number of aromatic nitrogens is 1. The van der Waals surface area contributed by atoms with E-state index in [9.17, 15) is 22.4 Å². The third kappa shape index (κ3) is 5.00. The summed E-state index contributed by atoms with van der Waals surface area (Å²) in [6.45, 7) is 6.99. The van der Waals surface area contributed by atoms with E-state index in [1.54, 1.807) is 26.8 Å². The summed E-state index contributed by atoms with van der Waals surface area (Å²) in [5.41, 5.74) is 1.72. The summed E-state index contributed by atoms with van der Waals surface area (Å²) in [5.74, 6) is -0.759. The van der Waals surface area contributed by atoms with Gasteiger partial charge < -0.3 is 28.4 Å². The van der Waals surface area contributed by atoms with Crippen LogP contribution in [0, 0.1) is 6.92 Å². The predicted molar refractivity (Wildman–Crippen MR) is 122 cm³/mol. The van der Waals surface area contributed by atoms with Crippen molar-refractivity contribution >= 4 is 17.1 Å². The topological polar surface area (TPSA) is 85.3 Å². The smallest absolute Gasteiger partial charge is 0.493 e. The van der Waals surface area contributed by atoms with Crippen molar-refractivity contribution in [3.63, 3.8) is 0 Å². The highest BCUT2D eigenvalue weighted by Crippen LogP contribution is 2.49. The van der Waals surface area contributed by atoms with Crippen LogP contribution in [-0.4, -0.2) is 36.6 Å². The van der Waals surface area contributed by atoms with Gasteiger partial charge in [0.2, 0.25) is 0 Å². The molecule has 0 spiro atoms. The number of carbonyl (C=O) groups excluding carboxylic acids is 1. The molecule has 37 heavy (non-hydrogen) atoms. The number of rotatable bonds is 6. The number of ether oxygens (including phenoxy) is 6. The molecule has 0 bridgehead atoms. The van der Waals surface area contributed by atoms with Gasteiger partial charge in [-0.1, -0.05) is 6.92 Å². The van der Waals surface area contributed by atoms with Crippen molar-refractivity contribution in [3.05, 3.63) is 41.6 Å². The van der Waals surface area contributed by atoms with Crippen molar-refractivity contribution in [3.8, 4) is 34.5 Å². The van der Waals surface area contributed by atoms with Crippen LogP contribution in [0.25, 0.3) is 10.9 Å². The van der Waals surface area contributed by atoms with Gasteiger partial charge in [-0.2, -0.15) is 17.6 Å². The fraction of sp³-hybridized carbons (Fsp3) is 0.360. The summed E-state index contributed by atoms with van der Waals surface area (Å²) in [6, 6.07) is 6.26. The number of aryl methyl sites for hydroxylation is 1. The number of nitrogens with zero attached hydrogens (tertiary/aromatic N) is 1. The molecule has 198 valence electrons. The Balaban J connectivity index is 1.77. The van der Waals surface area contributed by atoms with Gasteiger partial charge in [0, 0.05) is 28.8 Å². The van der Waals surface area contributed by atoms with E-state index in [0.717, 1.165) is 12.1 Å². The minimum Gasteiger partial charge on any atom is -0.493 e. The molecule has 0 saturated heterocycles. The number of pyridine rings is 1. The number of fused-ring (bicyclic) bond motifs is 2. The molecule has 0 unspecified atom stereocenters. The van der Waals surface area contributed by atoms with E-state index in [2.05, 4.69) is 14.5 Å². The normalized spacial score (nSPS) is 15.4. The Morgan fingerprint density at radius 2 is 1.70 bits per heavy atom. The maximum atomic E-state index is 13.6. The Morgan fingerprint density at radius 1 is 1.03 bits per heavy atom. The van der Waals surface area contributed by atoms with Crippen molar-refractivity contribution in [2.75, 3.05) is 7.11 Å². The lowest BCUT2D eigenvalue weighted by atomic mass is 10.1. The number of halogens is 4. The maximum Gasteiger partial charge on any atom is 0.514 e. The number of benzene rings is 2. The molecule has 1 aliphatic rings. The molecule has 0 N–H and O–H groups in total. The van der Waals surface area contributed by atoms with Gasteiger partial charge in [0.25, 0.3) is 0 Å². The van der Waals surface area contributed by atoms with Gasteiger partial charge in [0.1, 0.15) is 11.5 Å². The molecule has 12 heteroatoms. The Hall–Kier alpha value is -3.96. The lowest BCUT2D eigenvalue weighted by molar-refractivity contribution is -0.391. The molecule has 0 amide bonds. The molecular formula is C25H23F4NO7. The first-order valence-corrected chi connectivity index (χ1v) is 11.2. The fourth-order valence-electron chi connectivity index (χ4n) is 3.64. The molecular weight excluding hydrogens is 502 g/mol. The highest BCUT2D eigenvalue weighted by Gasteiger charge is 2.66. The van der Waals surface area contributed by atoms with Gasteiger partial charge in [-0.15, -0.1) is 0 Å². The number of hydrogen-bond donors (Lipinski definition) is 0.